The van der Waals surface area contributed by atoms with E-state index in [1.54, 1.807) is 7.05 Å². The minimum atomic E-state index is -0.103. The summed E-state index contributed by atoms with van der Waals surface area (Å²) in [6, 6.07) is 16.2. The SMILES string of the molecule is CNCC(=O)Nc1nc2ccccc2n1Cc1ccccc1C.Cl. The Labute approximate surface area is 147 Å². The van der Waals surface area contributed by atoms with Gasteiger partial charge in [0.1, 0.15) is 0 Å². The maximum Gasteiger partial charge on any atom is 0.240 e. The zero-order chi connectivity index (χ0) is 16.2. The van der Waals surface area contributed by atoms with Gasteiger partial charge in [0.15, 0.2) is 0 Å². The third-order valence-corrected chi connectivity index (χ3v) is 3.83. The number of nitrogens with zero attached hydrogens (tertiary/aromatic N) is 2. The van der Waals surface area contributed by atoms with Crippen molar-refractivity contribution < 1.29 is 4.79 Å². The molecular formula is C18H21ClN4O. The Hall–Kier alpha value is -2.37. The van der Waals surface area contributed by atoms with Gasteiger partial charge in [0.2, 0.25) is 11.9 Å². The van der Waals surface area contributed by atoms with Crippen LogP contribution < -0.4 is 10.6 Å². The van der Waals surface area contributed by atoms with E-state index in [-0.39, 0.29) is 24.9 Å². The van der Waals surface area contributed by atoms with E-state index in [0.717, 1.165) is 11.0 Å². The van der Waals surface area contributed by atoms with E-state index < -0.39 is 0 Å². The summed E-state index contributed by atoms with van der Waals surface area (Å²) < 4.78 is 2.05. The third-order valence-electron chi connectivity index (χ3n) is 3.83. The molecule has 3 rings (SSSR count). The highest BCUT2D eigenvalue weighted by molar-refractivity contribution is 5.92. The fourth-order valence-electron chi connectivity index (χ4n) is 2.62. The molecule has 0 bridgehead atoms. The van der Waals surface area contributed by atoms with Crippen LogP contribution in [0.25, 0.3) is 11.0 Å². The number of imidazole rings is 1. The number of aromatic nitrogens is 2. The lowest BCUT2D eigenvalue weighted by molar-refractivity contribution is -0.115. The highest BCUT2D eigenvalue weighted by Crippen LogP contribution is 2.22. The number of anilines is 1. The minimum Gasteiger partial charge on any atom is -0.311 e. The Morgan fingerprint density at radius 1 is 1.12 bits per heavy atom. The maximum absolute atomic E-state index is 11.9. The first-order valence-corrected chi connectivity index (χ1v) is 7.63. The second kappa shape index (κ2) is 7.95. The number of fused-ring (bicyclic) bond motifs is 1. The lowest BCUT2D eigenvalue weighted by Gasteiger charge is -2.12. The molecule has 0 saturated carbocycles. The van der Waals surface area contributed by atoms with Gasteiger partial charge in [-0.1, -0.05) is 36.4 Å². The first-order chi connectivity index (χ1) is 11.2. The van der Waals surface area contributed by atoms with Crippen molar-refractivity contribution in [3.63, 3.8) is 0 Å². The number of rotatable bonds is 5. The van der Waals surface area contributed by atoms with Crippen molar-refractivity contribution in [3.8, 4) is 0 Å². The largest absolute Gasteiger partial charge is 0.311 e. The van der Waals surface area contributed by atoms with Crippen molar-refractivity contribution >= 4 is 35.3 Å². The first kappa shape index (κ1) is 18.0. The molecule has 0 spiro atoms. The number of para-hydroxylation sites is 2. The van der Waals surface area contributed by atoms with Crippen molar-refractivity contribution in [1.29, 1.82) is 0 Å². The molecule has 1 aromatic heterocycles. The summed E-state index contributed by atoms with van der Waals surface area (Å²) in [7, 11) is 1.75. The van der Waals surface area contributed by atoms with Gasteiger partial charge in [-0.15, -0.1) is 12.4 Å². The van der Waals surface area contributed by atoms with Crippen LogP contribution in [0.5, 0.6) is 0 Å². The molecule has 1 amide bonds. The van der Waals surface area contributed by atoms with E-state index in [1.807, 2.05) is 41.0 Å². The average molecular weight is 345 g/mol. The molecule has 0 saturated heterocycles. The van der Waals surface area contributed by atoms with Crippen LogP contribution >= 0.6 is 12.4 Å². The van der Waals surface area contributed by atoms with Crippen LogP contribution in [0.2, 0.25) is 0 Å². The smallest absolute Gasteiger partial charge is 0.240 e. The minimum absolute atomic E-state index is 0. The summed E-state index contributed by atoms with van der Waals surface area (Å²) in [5, 5.41) is 5.74. The summed E-state index contributed by atoms with van der Waals surface area (Å²) in [6.45, 7) is 3.02. The molecule has 0 aliphatic carbocycles. The summed E-state index contributed by atoms with van der Waals surface area (Å²) >= 11 is 0. The monoisotopic (exact) mass is 344 g/mol. The number of halogens is 1. The summed E-state index contributed by atoms with van der Waals surface area (Å²) in [6.07, 6.45) is 0. The topological polar surface area (TPSA) is 59.0 Å². The molecule has 24 heavy (non-hydrogen) atoms. The standard InChI is InChI=1S/C18H20N4O.ClH/c1-13-7-3-4-8-14(13)12-22-16-10-6-5-9-15(16)20-18(22)21-17(23)11-19-2;/h3-10,19H,11-12H2,1-2H3,(H,20,21,23);1H. The van der Waals surface area contributed by atoms with Crippen LogP contribution in [0, 0.1) is 6.92 Å². The number of hydrogen-bond donors (Lipinski definition) is 2. The van der Waals surface area contributed by atoms with Crippen molar-refractivity contribution in [2.45, 2.75) is 13.5 Å². The molecule has 0 radical (unpaired) electrons. The molecule has 2 N–H and O–H groups in total. The van der Waals surface area contributed by atoms with Gasteiger partial charge in [-0.2, -0.15) is 0 Å². The Morgan fingerprint density at radius 2 is 1.83 bits per heavy atom. The van der Waals surface area contributed by atoms with Crippen molar-refractivity contribution in [3.05, 3.63) is 59.7 Å². The van der Waals surface area contributed by atoms with Crippen LogP contribution in [-0.4, -0.2) is 29.1 Å². The van der Waals surface area contributed by atoms with Crippen LogP contribution in [0.15, 0.2) is 48.5 Å². The Balaban J connectivity index is 0.00000208. The number of aryl methyl sites for hydroxylation is 1. The summed E-state index contributed by atoms with van der Waals surface area (Å²) in [4.78, 5) is 16.5. The fraction of sp³-hybridized carbons (Fsp3) is 0.222. The number of nitrogens with one attached hydrogen (secondary N) is 2. The molecule has 3 aromatic rings. The zero-order valence-electron chi connectivity index (χ0n) is 13.7. The molecule has 5 nitrogen and oxygen atoms in total. The second-order valence-corrected chi connectivity index (χ2v) is 5.52. The van der Waals surface area contributed by atoms with Crippen molar-refractivity contribution in [2.24, 2.45) is 0 Å². The number of hydrogen-bond acceptors (Lipinski definition) is 3. The highest BCUT2D eigenvalue weighted by atomic mass is 35.5. The lowest BCUT2D eigenvalue weighted by Crippen LogP contribution is -2.26. The molecule has 126 valence electrons. The van der Waals surface area contributed by atoms with E-state index in [1.165, 1.54) is 11.1 Å². The zero-order valence-corrected chi connectivity index (χ0v) is 14.6. The van der Waals surface area contributed by atoms with Gasteiger partial charge in [-0.25, -0.2) is 4.98 Å². The first-order valence-electron chi connectivity index (χ1n) is 7.63. The summed E-state index contributed by atoms with van der Waals surface area (Å²) in [5.74, 6) is 0.476. The van der Waals surface area contributed by atoms with Gasteiger partial charge in [0, 0.05) is 0 Å². The van der Waals surface area contributed by atoms with Crippen LogP contribution in [0.4, 0.5) is 5.95 Å². The van der Waals surface area contributed by atoms with E-state index in [9.17, 15) is 4.79 Å². The predicted molar refractivity (Wildman–Crippen MR) is 99.8 cm³/mol. The number of likely N-dealkylation sites (N-methyl/N-ethyl adjacent to an activating group) is 1. The van der Waals surface area contributed by atoms with Gasteiger partial charge in [-0.3, -0.25) is 10.1 Å². The molecule has 0 fully saturated rings. The summed E-state index contributed by atoms with van der Waals surface area (Å²) in [5.41, 5.74) is 4.31. The molecule has 0 unspecified atom stereocenters. The molecular weight excluding hydrogens is 324 g/mol. The molecule has 0 aliphatic heterocycles. The van der Waals surface area contributed by atoms with Crippen LogP contribution in [0.1, 0.15) is 11.1 Å². The van der Waals surface area contributed by atoms with Gasteiger partial charge in [-0.05, 0) is 37.2 Å². The quantitative estimate of drug-likeness (QED) is 0.748. The molecule has 0 atom stereocenters. The van der Waals surface area contributed by atoms with Gasteiger partial charge < -0.3 is 9.88 Å². The molecule has 2 aromatic carbocycles. The molecule has 6 heteroatoms. The highest BCUT2D eigenvalue weighted by Gasteiger charge is 2.13. The second-order valence-electron chi connectivity index (χ2n) is 5.52. The predicted octanol–water partition coefficient (Wildman–Crippen LogP) is 2.97. The van der Waals surface area contributed by atoms with E-state index in [2.05, 4.69) is 34.7 Å². The Bertz CT molecular complexity index is 844. The van der Waals surface area contributed by atoms with E-state index in [4.69, 9.17) is 0 Å². The van der Waals surface area contributed by atoms with Crippen molar-refractivity contribution in [1.82, 2.24) is 14.9 Å². The van der Waals surface area contributed by atoms with Crippen molar-refractivity contribution in [2.75, 3.05) is 18.9 Å². The van der Waals surface area contributed by atoms with Crippen LogP contribution in [-0.2, 0) is 11.3 Å². The maximum atomic E-state index is 11.9. The van der Waals surface area contributed by atoms with E-state index in [0.29, 0.717) is 12.5 Å². The van der Waals surface area contributed by atoms with Gasteiger partial charge >= 0.3 is 0 Å². The van der Waals surface area contributed by atoms with Gasteiger partial charge in [0.05, 0.1) is 24.1 Å². The third kappa shape index (κ3) is 3.75. The number of benzene rings is 2. The average Bonchev–Trinajstić information content (AvgIpc) is 2.87. The van der Waals surface area contributed by atoms with E-state index >= 15 is 0 Å². The van der Waals surface area contributed by atoms with Crippen LogP contribution in [0.3, 0.4) is 0 Å². The number of amides is 1. The number of carbonyl (C=O) groups excluding carboxylic acids is 1. The van der Waals surface area contributed by atoms with Gasteiger partial charge in [0.25, 0.3) is 0 Å². The fourth-order valence-corrected chi connectivity index (χ4v) is 2.62. The number of carbonyl (C=O) groups is 1. The Kier molecular flexibility index (Phi) is 5.95. The molecule has 1 heterocycles. The Morgan fingerprint density at radius 3 is 2.58 bits per heavy atom. The molecule has 0 aliphatic rings. The normalized spacial score (nSPS) is 10.4. The lowest BCUT2D eigenvalue weighted by atomic mass is 10.1.